The summed E-state index contributed by atoms with van der Waals surface area (Å²) >= 11 is 0. The predicted octanol–water partition coefficient (Wildman–Crippen LogP) is 4.72. The molecular weight excluding hydrogens is 425 g/mol. The number of oxazole rings is 1. The third kappa shape index (κ3) is 4.76. The molecule has 0 radical (unpaired) electrons. The number of nitrogens with two attached hydrogens (primary N) is 1. The fourth-order valence-corrected chi connectivity index (χ4v) is 2.72. The summed E-state index contributed by atoms with van der Waals surface area (Å²) in [5, 5.41) is 2.47. The van der Waals surface area contributed by atoms with Gasteiger partial charge in [0.2, 0.25) is 5.89 Å². The zero-order valence-electron chi connectivity index (χ0n) is 16.2. The number of ether oxygens (including phenoxy) is 1. The van der Waals surface area contributed by atoms with Gasteiger partial charge in [-0.2, -0.15) is 13.2 Å². The first-order valence-electron chi connectivity index (χ1n) is 8.77. The van der Waals surface area contributed by atoms with E-state index in [-0.39, 0.29) is 28.5 Å². The van der Waals surface area contributed by atoms with Crippen LogP contribution in [0.25, 0.3) is 11.5 Å². The Bertz CT molecular complexity index is 1100. The zero-order valence-corrected chi connectivity index (χ0v) is 16.2. The standard InChI is InChI=1S/C20H16F5N3O3/c1-9(10-5-14(21)17(26)15(22)6-10)27-18(29)16-8-31-19(28-16)11-3-12(20(23,24)25)7-13(4-11)30-2/h3-9H,26H2,1-2H3,(H,27,29)/t9-/m1/s1. The van der Waals surface area contributed by atoms with Crippen molar-refractivity contribution in [1.29, 1.82) is 0 Å². The monoisotopic (exact) mass is 441 g/mol. The highest BCUT2D eigenvalue weighted by atomic mass is 19.4. The van der Waals surface area contributed by atoms with Crippen LogP contribution in [0, 0.1) is 11.6 Å². The lowest BCUT2D eigenvalue weighted by molar-refractivity contribution is -0.137. The van der Waals surface area contributed by atoms with Crippen molar-refractivity contribution in [3.63, 3.8) is 0 Å². The average molecular weight is 441 g/mol. The fourth-order valence-electron chi connectivity index (χ4n) is 2.72. The van der Waals surface area contributed by atoms with Crippen molar-refractivity contribution >= 4 is 11.6 Å². The van der Waals surface area contributed by atoms with E-state index in [1.807, 2.05) is 0 Å². The van der Waals surface area contributed by atoms with Crippen LogP contribution in [0.3, 0.4) is 0 Å². The number of aromatic nitrogens is 1. The first-order chi connectivity index (χ1) is 14.5. The van der Waals surface area contributed by atoms with E-state index in [4.69, 9.17) is 14.9 Å². The van der Waals surface area contributed by atoms with Gasteiger partial charge in [-0.25, -0.2) is 13.8 Å². The predicted molar refractivity (Wildman–Crippen MR) is 100 cm³/mol. The van der Waals surface area contributed by atoms with Gasteiger partial charge in [-0.1, -0.05) is 0 Å². The number of halogens is 5. The molecule has 3 rings (SSSR count). The Balaban J connectivity index is 1.83. The van der Waals surface area contributed by atoms with Crippen molar-refractivity contribution in [3.8, 4) is 17.2 Å². The normalized spacial score (nSPS) is 12.5. The molecule has 0 saturated heterocycles. The molecule has 2 aromatic carbocycles. The average Bonchev–Trinajstić information content (AvgIpc) is 3.21. The summed E-state index contributed by atoms with van der Waals surface area (Å²) in [7, 11) is 1.21. The maximum Gasteiger partial charge on any atom is 0.416 e. The van der Waals surface area contributed by atoms with Crippen LogP contribution in [-0.4, -0.2) is 18.0 Å². The minimum absolute atomic E-state index is 0.0542. The second kappa shape index (κ2) is 8.25. The Morgan fingerprint density at radius 1 is 1.16 bits per heavy atom. The Morgan fingerprint density at radius 3 is 2.39 bits per heavy atom. The van der Waals surface area contributed by atoms with Crippen LogP contribution in [0.15, 0.2) is 41.0 Å². The van der Waals surface area contributed by atoms with Gasteiger partial charge in [0.1, 0.15) is 29.3 Å². The number of nitrogens with zero attached hydrogens (tertiary/aromatic N) is 1. The zero-order chi connectivity index (χ0) is 22.9. The summed E-state index contributed by atoms with van der Waals surface area (Å²) in [6, 6.07) is 4.01. The van der Waals surface area contributed by atoms with Crippen LogP contribution >= 0.6 is 0 Å². The number of benzene rings is 2. The highest BCUT2D eigenvalue weighted by Gasteiger charge is 2.32. The molecule has 3 aromatic rings. The summed E-state index contributed by atoms with van der Waals surface area (Å²) in [4.78, 5) is 16.3. The van der Waals surface area contributed by atoms with E-state index in [1.54, 1.807) is 0 Å². The number of nitrogen functional groups attached to an aromatic ring is 1. The van der Waals surface area contributed by atoms with E-state index >= 15 is 0 Å². The van der Waals surface area contributed by atoms with Crippen molar-refractivity contribution in [2.24, 2.45) is 0 Å². The number of carbonyl (C=O) groups is 1. The molecule has 3 N–H and O–H groups in total. The maximum atomic E-state index is 13.6. The van der Waals surface area contributed by atoms with Crippen molar-refractivity contribution in [2.45, 2.75) is 19.1 Å². The minimum Gasteiger partial charge on any atom is -0.497 e. The number of amides is 1. The number of alkyl halides is 3. The van der Waals surface area contributed by atoms with Crippen LogP contribution in [0.1, 0.15) is 34.6 Å². The van der Waals surface area contributed by atoms with Gasteiger partial charge in [-0.05, 0) is 42.8 Å². The molecule has 164 valence electrons. The number of rotatable bonds is 5. The van der Waals surface area contributed by atoms with Gasteiger partial charge < -0.3 is 20.2 Å². The minimum atomic E-state index is -4.63. The number of hydrogen-bond donors (Lipinski definition) is 2. The largest absolute Gasteiger partial charge is 0.497 e. The molecule has 0 aliphatic rings. The Morgan fingerprint density at radius 2 is 1.81 bits per heavy atom. The third-order valence-electron chi connectivity index (χ3n) is 4.40. The summed E-state index contributed by atoms with van der Waals surface area (Å²) in [6.07, 6.45) is -3.68. The fraction of sp³-hybridized carbons (Fsp3) is 0.200. The van der Waals surface area contributed by atoms with Gasteiger partial charge in [0.15, 0.2) is 5.69 Å². The second-order valence-electron chi connectivity index (χ2n) is 6.58. The molecule has 1 heterocycles. The number of anilines is 1. The molecule has 0 fully saturated rings. The molecule has 1 amide bonds. The van der Waals surface area contributed by atoms with Crippen LogP contribution < -0.4 is 15.8 Å². The van der Waals surface area contributed by atoms with Gasteiger partial charge >= 0.3 is 6.18 Å². The molecule has 0 aliphatic heterocycles. The topological polar surface area (TPSA) is 90.4 Å². The van der Waals surface area contributed by atoms with E-state index in [1.165, 1.54) is 20.1 Å². The van der Waals surface area contributed by atoms with Gasteiger partial charge in [0.25, 0.3) is 5.91 Å². The summed E-state index contributed by atoms with van der Waals surface area (Å²) in [5.41, 5.74) is 3.42. The van der Waals surface area contributed by atoms with Gasteiger partial charge in [0, 0.05) is 5.56 Å². The van der Waals surface area contributed by atoms with E-state index in [2.05, 4.69) is 10.3 Å². The maximum absolute atomic E-state index is 13.6. The SMILES string of the molecule is COc1cc(-c2nc(C(=O)N[C@H](C)c3cc(F)c(N)c(F)c3)co2)cc(C(F)(F)F)c1. The molecule has 1 atom stereocenters. The van der Waals surface area contributed by atoms with Crippen molar-refractivity contribution in [2.75, 3.05) is 12.8 Å². The van der Waals surface area contributed by atoms with Crippen LogP contribution in [0.4, 0.5) is 27.6 Å². The Labute approximate surface area is 172 Å². The highest BCUT2D eigenvalue weighted by Crippen LogP contribution is 2.35. The first kappa shape index (κ1) is 22.1. The number of hydrogen-bond acceptors (Lipinski definition) is 5. The quantitative estimate of drug-likeness (QED) is 0.442. The van der Waals surface area contributed by atoms with E-state index < -0.39 is 41.0 Å². The molecule has 0 unspecified atom stereocenters. The first-order valence-corrected chi connectivity index (χ1v) is 8.77. The lowest BCUT2D eigenvalue weighted by atomic mass is 10.1. The van der Waals surface area contributed by atoms with E-state index in [0.717, 1.165) is 30.5 Å². The number of carbonyl (C=O) groups excluding carboxylic acids is 1. The molecule has 0 spiro atoms. The smallest absolute Gasteiger partial charge is 0.416 e. The third-order valence-corrected chi connectivity index (χ3v) is 4.40. The van der Waals surface area contributed by atoms with E-state index in [0.29, 0.717) is 0 Å². The van der Waals surface area contributed by atoms with Crippen molar-refractivity contribution in [1.82, 2.24) is 10.3 Å². The lowest BCUT2D eigenvalue weighted by Gasteiger charge is -2.14. The number of nitrogens with one attached hydrogen (secondary N) is 1. The summed E-state index contributed by atoms with van der Waals surface area (Å²) in [6.45, 7) is 1.47. The summed E-state index contributed by atoms with van der Waals surface area (Å²) < 4.78 is 76.6. The molecule has 6 nitrogen and oxygen atoms in total. The van der Waals surface area contributed by atoms with Crippen molar-refractivity contribution < 1.29 is 35.9 Å². The second-order valence-corrected chi connectivity index (χ2v) is 6.58. The molecule has 0 saturated carbocycles. The molecule has 0 bridgehead atoms. The molecule has 11 heteroatoms. The van der Waals surface area contributed by atoms with Gasteiger partial charge in [-0.15, -0.1) is 0 Å². The van der Waals surface area contributed by atoms with Gasteiger partial charge in [0.05, 0.1) is 18.7 Å². The van der Waals surface area contributed by atoms with Crippen molar-refractivity contribution in [3.05, 3.63) is 65.1 Å². The van der Waals surface area contributed by atoms with E-state index in [9.17, 15) is 26.7 Å². The molecule has 1 aromatic heterocycles. The highest BCUT2D eigenvalue weighted by molar-refractivity contribution is 5.92. The Hall–Kier alpha value is -3.63. The molecular formula is C20H16F5N3O3. The summed E-state index contributed by atoms with van der Waals surface area (Å²) in [5.74, 6) is -3.03. The van der Waals surface area contributed by atoms with Gasteiger partial charge in [-0.3, -0.25) is 4.79 Å². The number of methoxy groups -OCH3 is 1. The van der Waals surface area contributed by atoms with Crippen LogP contribution in [0.2, 0.25) is 0 Å². The lowest BCUT2D eigenvalue weighted by Crippen LogP contribution is -2.27. The Kier molecular flexibility index (Phi) is 5.87. The van der Waals surface area contributed by atoms with Crippen LogP contribution in [-0.2, 0) is 6.18 Å². The molecule has 31 heavy (non-hydrogen) atoms. The van der Waals surface area contributed by atoms with Crippen LogP contribution in [0.5, 0.6) is 5.75 Å². The molecule has 0 aliphatic carbocycles.